The Morgan fingerprint density at radius 1 is 1.28 bits per heavy atom. The number of amides is 1. The molecule has 2 aromatic rings. The van der Waals surface area contributed by atoms with E-state index in [1.807, 2.05) is 19.9 Å². The van der Waals surface area contributed by atoms with E-state index in [0.29, 0.717) is 5.82 Å². The molecule has 1 aromatic heterocycles. The second-order valence-corrected chi connectivity index (χ2v) is 6.70. The van der Waals surface area contributed by atoms with Crippen LogP contribution in [0.1, 0.15) is 50.6 Å². The van der Waals surface area contributed by atoms with Gasteiger partial charge in [0.25, 0.3) is 0 Å². The molecule has 1 aliphatic carbocycles. The number of nitrogens with one attached hydrogen (secondary N) is 1. The smallest absolute Gasteiger partial charge is 0.228 e. The van der Waals surface area contributed by atoms with E-state index < -0.39 is 0 Å². The zero-order valence-electron chi connectivity index (χ0n) is 15.1. The minimum atomic E-state index is -0.0454. The molecule has 5 heteroatoms. The summed E-state index contributed by atoms with van der Waals surface area (Å²) < 4.78 is 0. The Kier molecular flexibility index (Phi) is 5.02. The third-order valence-corrected chi connectivity index (χ3v) is 4.80. The number of phenolic OH excluding ortho intramolecular Hbond substituents is 1. The molecule has 1 aromatic carbocycles. The Morgan fingerprint density at radius 3 is 2.80 bits per heavy atom. The van der Waals surface area contributed by atoms with Gasteiger partial charge < -0.3 is 10.4 Å². The minimum Gasteiger partial charge on any atom is -0.508 e. The van der Waals surface area contributed by atoms with Crippen LogP contribution in [0.3, 0.4) is 0 Å². The molecular weight excluding hydrogens is 314 g/mol. The molecule has 0 fully saturated rings. The van der Waals surface area contributed by atoms with Gasteiger partial charge in [0.1, 0.15) is 5.75 Å². The number of rotatable bonds is 5. The van der Waals surface area contributed by atoms with E-state index in [-0.39, 0.29) is 17.6 Å². The van der Waals surface area contributed by atoms with Crippen LogP contribution in [0.4, 0.5) is 5.82 Å². The third-order valence-electron chi connectivity index (χ3n) is 4.80. The maximum Gasteiger partial charge on any atom is 0.228 e. The van der Waals surface area contributed by atoms with E-state index in [2.05, 4.69) is 12.2 Å². The summed E-state index contributed by atoms with van der Waals surface area (Å²) in [5, 5.41) is 12.7. The first-order valence-electron chi connectivity index (χ1n) is 9.06. The molecule has 0 spiro atoms. The zero-order valence-corrected chi connectivity index (χ0v) is 15.1. The molecule has 1 heterocycles. The summed E-state index contributed by atoms with van der Waals surface area (Å²) >= 11 is 0. The van der Waals surface area contributed by atoms with Crippen LogP contribution in [0.5, 0.6) is 5.75 Å². The molecule has 1 amide bonds. The van der Waals surface area contributed by atoms with E-state index in [1.54, 1.807) is 12.1 Å². The van der Waals surface area contributed by atoms with Gasteiger partial charge in [0, 0.05) is 11.5 Å². The van der Waals surface area contributed by atoms with Gasteiger partial charge in [-0.15, -0.1) is 0 Å². The number of benzene rings is 1. The highest BCUT2D eigenvalue weighted by atomic mass is 16.3. The maximum absolute atomic E-state index is 12.3. The highest BCUT2D eigenvalue weighted by Crippen LogP contribution is 2.34. The standard InChI is InChI=1S/C20H25N3O2/c1-4-6-17-19(23-20(25)12(3)5-2)22-16-10-7-13-11-14(24)8-9-15(13)18(16)21-17/h8-9,11-12,24H,4-7,10H2,1-3H3,(H,22,23,25). The average molecular weight is 339 g/mol. The number of aromatic nitrogens is 2. The Morgan fingerprint density at radius 2 is 2.08 bits per heavy atom. The maximum atomic E-state index is 12.3. The van der Waals surface area contributed by atoms with Crippen LogP contribution in [0.15, 0.2) is 18.2 Å². The lowest BCUT2D eigenvalue weighted by Crippen LogP contribution is -2.23. The summed E-state index contributed by atoms with van der Waals surface area (Å²) in [6, 6.07) is 5.40. The van der Waals surface area contributed by atoms with Crippen LogP contribution in [0.25, 0.3) is 11.3 Å². The molecule has 132 valence electrons. The van der Waals surface area contributed by atoms with Gasteiger partial charge in [-0.2, -0.15) is 0 Å². The van der Waals surface area contributed by atoms with Gasteiger partial charge in [-0.3, -0.25) is 4.79 Å². The van der Waals surface area contributed by atoms with E-state index in [9.17, 15) is 9.90 Å². The zero-order chi connectivity index (χ0) is 18.0. The average Bonchev–Trinajstić information content (AvgIpc) is 2.61. The minimum absolute atomic E-state index is 0.00441. The highest BCUT2D eigenvalue weighted by Gasteiger charge is 2.23. The number of nitrogens with zero attached hydrogens (tertiary/aromatic N) is 2. The van der Waals surface area contributed by atoms with Crippen molar-refractivity contribution in [3.63, 3.8) is 0 Å². The first kappa shape index (κ1) is 17.4. The number of hydrogen-bond acceptors (Lipinski definition) is 4. The number of phenols is 1. The predicted molar refractivity (Wildman–Crippen MR) is 98.6 cm³/mol. The Labute approximate surface area is 148 Å². The van der Waals surface area contributed by atoms with Crippen molar-refractivity contribution in [3.8, 4) is 17.0 Å². The second kappa shape index (κ2) is 7.21. The van der Waals surface area contributed by atoms with Gasteiger partial charge in [-0.25, -0.2) is 9.97 Å². The molecule has 0 bridgehead atoms. The van der Waals surface area contributed by atoms with Crippen molar-refractivity contribution in [3.05, 3.63) is 35.2 Å². The number of aromatic hydroxyl groups is 1. The topological polar surface area (TPSA) is 75.1 Å². The highest BCUT2D eigenvalue weighted by molar-refractivity contribution is 5.92. The van der Waals surface area contributed by atoms with Crippen molar-refractivity contribution in [2.45, 2.75) is 52.9 Å². The number of carbonyl (C=O) groups excluding carboxylic acids is 1. The van der Waals surface area contributed by atoms with Gasteiger partial charge in [0.05, 0.1) is 17.1 Å². The molecule has 1 aliphatic rings. The largest absolute Gasteiger partial charge is 0.508 e. The predicted octanol–water partition coefficient (Wildman–Crippen LogP) is 3.88. The van der Waals surface area contributed by atoms with Crippen LogP contribution >= 0.6 is 0 Å². The number of fused-ring (bicyclic) bond motifs is 3. The van der Waals surface area contributed by atoms with Crippen molar-refractivity contribution < 1.29 is 9.90 Å². The van der Waals surface area contributed by atoms with Gasteiger partial charge in [0.2, 0.25) is 5.91 Å². The summed E-state index contributed by atoms with van der Waals surface area (Å²) in [5.41, 5.74) is 4.76. The van der Waals surface area contributed by atoms with Crippen LogP contribution in [0, 0.1) is 5.92 Å². The summed E-state index contributed by atoms with van der Waals surface area (Å²) in [6.07, 6.45) is 4.07. The molecule has 3 rings (SSSR count). The number of hydrogen-bond donors (Lipinski definition) is 2. The van der Waals surface area contributed by atoms with Crippen molar-refractivity contribution in [1.82, 2.24) is 9.97 Å². The summed E-state index contributed by atoms with van der Waals surface area (Å²) in [4.78, 5) is 21.9. The molecule has 2 N–H and O–H groups in total. The van der Waals surface area contributed by atoms with Crippen molar-refractivity contribution >= 4 is 11.7 Å². The molecule has 1 unspecified atom stereocenters. The fraction of sp³-hybridized carbons (Fsp3) is 0.450. The fourth-order valence-electron chi connectivity index (χ4n) is 3.10. The Balaban J connectivity index is 2.03. The van der Waals surface area contributed by atoms with E-state index in [1.165, 1.54) is 0 Å². The van der Waals surface area contributed by atoms with E-state index in [4.69, 9.17) is 9.97 Å². The lowest BCUT2D eigenvalue weighted by atomic mass is 9.91. The normalized spacial score (nSPS) is 13.7. The number of anilines is 1. The van der Waals surface area contributed by atoms with Gasteiger partial charge in [-0.1, -0.05) is 27.2 Å². The SMILES string of the molecule is CCCc1nc2c(nc1NC(=O)C(C)CC)CCc1cc(O)ccc1-2. The molecule has 0 saturated heterocycles. The molecule has 0 saturated carbocycles. The lowest BCUT2D eigenvalue weighted by molar-refractivity contribution is -0.119. The monoisotopic (exact) mass is 339 g/mol. The second-order valence-electron chi connectivity index (χ2n) is 6.70. The molecule has 25 heavy (non-hydrogen) atoms. The number of carbonyl (C=O) groups is 1. The van der Waals surface area contributed by atoms with Crippen LogP contribution in [-0.2, 0) is 24.1 Å². The van der Waals surface area contributed by atoms with E-state index >= 15 is 0 Å². The van der Waals surface area contributed by atoms with Gasteiger partial charge >= 0.3 is 0 Å². The van der Waals surface area contributed by atoms with E-state index in [0.717, 1.165) is 60.3 Å². The van der Waals surface area contributed by atoms with Crippen LogP contribution in [0.2, 0.25) is 0 Å². The fourth-order valence-corrected chi connectivity index (χ4v) is 3.10. The van der Waals surface area contributed by atoms with Crippen molar-refractivity contribution in [2.75, 3.05) is 5.32 Å². The molecule has 1 atom stereocenters. The quantitative estimate of drug-likeness (QED) is 0.867. The molecule has 5 nitrogen and oxygen atoms in total. The van der Waals surface area contributed by atoms with Crippen molar-refractivity contribution in [2.24, 2.45) is 5.92 Å². The number of aryl methyl sites for hydroxylation is 3. The first-order chi connectivity index (χ1) is 12.0. The summed E-state index contributed by atoms with van der Waals surface area (Å²) in [5.74, 6) is 0.834. The third kappa shape index (κ3) is 3.50. The van der Waals surface area contributed by atoms with Crippen molar-refractivity contribution in [1.29, 1.82) is 0 Å². The van der Waals surface area contributed by atoms with Gasteiger partial charge in [-0.05, 0) is 49.4 Å². The lowest BCUT2D eigenvalue weighted by Gasteiger charge is -2.21. The molecule has 0 aliphatic heterocycles. The molecular formula is C20H25N3O2. The Hall–Kier alpha value is -2.43. The summed E-state index contributed by atoms with van der Waals surface area (Å²) in [6.45, 7) is 6.01. The first-order valence-corrected chi connectivity index (χ1v) is 9.06. The van der Waals surface area contributed by atoms with Crippen LogP contribution < -0.4 is 5.32 Å². The summed E-state index contributed by atoms with van der Waals surface area (Å²) in [7, 11) is 0. The Bertz CT molecular complexity index is 802. The van der Waals surface area contributed by atoms with Gasteiger partial charge in [0.15, 0.2) is 5.82 Å². The molecule has 0 radical (unpaired) electrons. The van der Waals surface area contributed by atoms with Crippen LogP contribution in [-0.4, -0.2) is 21.0 Å².